The molecule has 0 heterocycles. The first kappa shape index (κ1) is 20.0. The van der Waals surface area contributed by atoms with Crippen molar-refractivity contribution in [3.8, 4) is 0 Å². The molecule has 1 atom stereocenters. The van der Waals surface area contributed by atoms with Gasteiger partial charge in [0.25, 0.3) is 0 Å². The zero-order valence-electron chi connectivity index (χ0n) is 13.2. The van der Waals surface area contributed by atoms with Gasteiger partial charge in [0.2, 0.25) is 0 Å². The Kier molecular flexibility index (Phi) is 9.86. The van der Waals surface area contributed by atoms with Crippen LogP contribution in [0.15, 0.2) is 0 Å². The summed E-state index contributed by atoms with van der Waals surface area (Å²) in [4.78, 5) is 0. The molecule has 0 N–H and O–H groups in total. The zero-order chi connectivity index (χ0) is 15.6. The first-order valence-electron chi connectivity index (χ1n) is 7.45. The minimum absolute atomic E-state index is 0.331. The minimum Gasteiger partial charge on any atom is -0.308 e. The summed E-state index contributed by atoms with van der Waals surface area (Å²) < 4.78 is 48.7. The van der Waals surface area contributed by atoms with E-state index in [1.165, 1.54) is 26.2 Å². The van der Waals surface area contributed by atoms with Crippen LogP contribution in [0.2, 0.25) is 0 Å². The number of halogens is 2. The molecule has 0 aromatic rings. The molecule has 0 fully saturated rings. The van der Waals surface area contributed by atoms with Crippen LogP contribution in [-0.2, 0) is 13.6 Å². The van der Waals surface area contributed by atoms with Crippen LogP contribution in [0.25, 0.3) is 0 Å². The Morgan fingerprint density at radius 3 is 1.90 bits per heavy atom. The van der Waals surface area contributed by atoms with Crippen molar-refractivity contribution in [3.05, 3.63) is 0 Å². The van der Waals surface area contributed by atoms with Gasteiger partial charge >= 0.3 is 13.3 Å². The summed E-state index contributed by atoms with van der Waals surface area (Å²) in [5, 5.41) is 0. The lowest BCUT2D eigenvalue weighted by Crippen LogP contribution is -2.27. The Bertz CT molecular complexity index is 290. The van der Waals surface area contributed by atoms with Gasteiger partial charge in [0.05, 0.1) is 0 Å². The van der Waals surface area contributed by atoms with Crippen LogP contribution in [0.4, 0.5) is 8.78 Å². The van der Waals surface area contributed by atoms with Crippen molar-refractivity contribution >= 4 is 7.60 Å². The van der Waals surface area contributed by atoms with E-state index in [-0.39, 0.29) is 0 Å². The normalized spacial score (nSPS) is 14.5. The van der Waals surface area contributed by atoms with E-state index in [9.17, 15) is 13.3 Å². The molecular weight excluding hydrogens is 285 g/mol. The molecule has 0 aromatic carbocycles. The molecule has 6 heteroatoms. The van der Waals surface area contributed by atoms with E-state index in [1.807, 2.05) is 0 Å². The Morgan fingerprint density at radius 1 is 1.00 bits per heavy atom. The lowest BCUT2D eigenvalue weighted by molar-refractivity contribution is -0.00380. The predicted molar refractivity (Wildman–Crippen MR) is 78.3 cm³/mol. The molecule has 0 aliphatic carbocycles. The molecule has 122 valence electrons. The van der Waals surface area contributed by atoms with Gasteiger partial charge in [-0.3, -0.25) is 4.57 Å². The highest BCUT2D eigenvalue weighted by atomic mass is 31.2. The summed E-state index contributed by atoms with van der Waals surface area (Å²) in [6.07, 6.45) is 7.87. The van der Waals surface area contributed by atoms with E-state index in [2.05, 4.69) is 16.0 Å². The van der Waals surface area contributed by atoms with E-state index < -0.39 is 19.2 Å². The summed E-state index contributed by atoms with van der Waals surface area (Å²) in [5.41, 5.74) is -3.43. The number of alkyl halides is 2. The average Bonchev–Trinajstić information content (AvgIpc) is 2.44. The lowest BCUT2D eigenvalue weighted by atomic mass is 10.0. The Labute approximate surface area is 122 Å². The molecule has 0 rings (SSSR count). The maximum Gasteiger partial charge on any atom is 0.399 e. The summed E-state index contributed by atoms with van der Waals surface area (Å²) in [6.45, 7) is 3.56. The Hall–Kier alpha value is 0.01000. The van der Waals surface area contributed by atoms with Crippen LogP contribution in [0.5, 0.6) is 0 Å². The van der Waals surface area contributed by atoms with Gasteiger partial charge in [-0.2, -0.15) is 8.78 Å². The van der Waals surface area contributed by atoms with E-state index >= 15 is 0 Å². The van der Waals surface area contributed by atoms with Gasteiger partial charge in [0.15, 0.2) is 0 Å². The third-order valence-electron chi connectivity index (χ3n) is 3.68. The Balaban J connectivity index is 4.07. The van der Waals surface area contributed by atoms with Gasteiger partial charge in [-0.25, -0.2) is 0 Å². The maximum atomic E-state index is 14.0. The molecule has 0 radical (unpaired) electrons. The largest absolute Gasteiger partial charge is 0.399 e. The van der Waals surface area contributed by atoms with Gasteiger partial charge in [0.1, 0.15) is 0 Å². The van der Waals surface area contributed by atoms with Gasteiger partial charge in [-0.15, -0.1) is 0 Å². The van der Waals surface area contributed by atoms with Crippen LogP contribution in [0.1, 0.15) is 65.2 Å². The van der Waals surface area contributed by atoms with Crippen LogP contribution in [0, 0.1) is 5.92 Å². The minimum atomic E-state index is -4.34. The van der Waals surface area contributed by atoms with Crippen molar-refractivity contribution in [1.29, 1.82) is 0 Å². The molecule has 0 aliphatic heterocycles. The maximum absolute atomic E-state index is 14.0. The average molecular weight is 314 g/mol. The summed E-state index contributed by atoms with van der Waals surface area (Å²) >= 11 is 0. The van der Waals surface area contributed by atoms with Crippen LogP contribution >= 0.6 is 7.60 Å². The summed E-state index contributed by atoms with van der Waals surface area (Å²) in [6, 6.07) is 0. The van der Waals surface area contributed by atoms with E-state index in [0.717, 1.165) is 39.9 Å². The summed E-state index contributed by atoms with van der Waals surface area (Å²) in [7, 11) is -2.35. The molecular formula is C14H29F2O3P. The molecule has 0 bridgehead atoms. The number of hydrogen-bond acceptors (Lipinski definition) is 3. The number of hydrogen-bond donors (Lipinski definition) is 0. The van der Waals surface area contributed by atoms with E-state index in [4.69, 9.17) is 0 Å². The smallest absolute Gasteiger partial charge is 0.308 e. The monoisotopic (exact) mass is 314 g/mol. The summed E-state index contributed by atoms with van der Waals surface area (Å²) in [5.74, 6) is -1.01. The second-order valence-corrected chi connectivity index (χ2v) is 7.58. The van der Waals surface area contributed by atoms with Crippen molar-refractivity contribution < 1.29 is 22.4 Å². The number of rotatable bonds is 12. The van der Waals surface area contributed by atoms with Crippen LogP contribution in [0.3, 0.4) is 0 Å². The highest BCUT2D eigenvalue weighted by Gasteiger charge is 2.55. The highest BCUT2D eigenvalue weighted by Crippen LogP contribution is 2.64. The molecule has 0 saturated carbocycles. The third kappa shape index (κ3) is 5.79. The SMILES string of the molecule is CCCCCCCCCC(C)C(F)(F)P(=O)(OC)OC. The van der Waals surface area contributed by atoms with E-state index in [0.29, 0.717) is 6.42 Å². The fourth-order valence-corrected chi connectivity index (χ4v) is 3.47. The molecule has 0 aliphatic rings. The first-order chi connectivity index (χ1) is 9.35. The highest BCUT2D eigenvalue weighted by molar-refractivity contribution is 7.55. The van der Waals surface area contributed by atoms with Crippen LogP contribution in [-0.4, -0.2) is 19.9 Å². The van der Waals surface area contributed by atoms with Crippen molar-refractivity contribution in [2.24, 2.45) is 5.92 Å². The van der Waals surface area contributed by atoms with Gasteiger partial charge in [-0.1, -0.05) is 58.8 Å². The van der Waals surface area contributed by atoms with Crippen molar-refractivity contribution in [1.82, 2.24) is 0 Å². The first-order valence-corrected chi connectivity index (χ1v) is 8.99. The third-order valence-corrected chi connectivity index (χ3v) is 5.81. The van der Waals surface area contributed by atoms with Gasteiger partial charge in [-0.05, 0) is 6.42 Å². The topological polar surface area (TPSA) is 35.5 Å². The second-order valence-electron chi connectivity index (χ2n) is 5.26. The van der Waals surface area contributed by atoms with Crippen molar-refractivity contribution in [3.63, 3.8) is 0 Å². The quantitative estimate of drug-likeness (QED) is 0.335. The zero-order valence-corrected chi connectivity index (χ0v) is 14.1. The molecule has 1 unspecified atom stereocenters. The molecule has 3 nitrogen and oxygen atoms in total. The molecule has 0 amide bonds. The number of unbranched alkanes of at least 4 members (excludes halogenated alkanes) is 6. The molecule has 20 heavy (non-hydrogen) atoms. The lowest BCUT2D eigenvalue weighted by Gasteiger charge is -2.28. The van der Waals surface area contributed by atoms with E-state index in [1.54, 1.807) is 0 Å². The van der Waals surface area contributed by atoms with Crippen molar-refractivity contribution in [2.45, 2.75) is 70.9 Å². The van der Waals surface area contributed by atoms with Gasteiger partial charge < -0.3 is 9.05 Å². The molecule has 0 aromatic heterocycles. The van der Waals surface area contributed by atoms with Gasteiger partial charge in [0, 0.05) is 20.1 Å². The van der Waals surface area contributed by atoms with Crippen LogP contribution < -0.4 is 0 Å². The molecule has 0 saturated heterocycles. The standard InChI is InChI=1S/C14H29F2O3P/c1-5-6-7-8-9-10-11-12-13(2)14(15,16)20(17,18-3)19-4/h13H,5-12H2,1-4H3. The molecule has 0 spiro atoms. The Morgan fingerprint density at radius 2 is 1.45 bits per heavy atom. The fraction of sp³-hybridized carbons (Fsp3) is 1.00. The predicted octanol–water partition coefficient (Wildman–Crippen LogP) is 5.84. The fourth-order valence-electron chi connectivity index (χ4n) is 2.17. The second kappa shape index (κ2) is 9.86. The van der Waals surface area contributed by atoms with Crippen molar-refractivity contribution in [2.75, 3.05) is 14.2 Å².